The molecule has 6 nitrogen and oxygen atoms in total. The number of ether oxygens (including phenoxy) is 2. The van der Waals surface area contributed by atoms with Gasteiger partial charge < -0.3 is 9.47 Å². The highest BCUT2D eigenvalue weighted by atomic mass is 79.9. The summed E-state index contributed by atoms with van der Waals surface area (Å²) >= 11 is 3.31. The summed E-state index contributed by atoms with van der Waals surface area (Å²) in [6.45, 7) is 3.85. The second-order valence-electron chi connectivity index (χ2n) is 4.34. The van der Waals surface area contributed by atoms with Gasteiger partial charge in [0, 0.05) is 23.5 Å². The number of carbonyl (C=O) groups is 1. The van der Waals surface area contributed by atoms with Gasteiger partial charge in [-0.15, -0.1) is 0 Å². The maximum atomic E-state index is 11.8. The van der Waals surface area contributed by atoms with Gasteiger partial charge in [0.15, 0.2) is 0 Å². The minimum Gasteiger partial charge on any atom is -0.463 e. The van der Waals surface area contributed by atoms with Gasteiger partial charge in [-0.25, -0.2) is 9.78 Å². The zero-order chi connectivity index (χ0) is 14.0. The van der Waals surface area contributed by atoms with Crippen molar-refractivity contribution in [2.75, 3.05) is 12.1 Å². The van der Waals surface area contributed by atoms with Crippen LogP contribution in [0.3, 0.4) is 0 Å². The first-order valence-corrected chi connectivity index (χ1v) is 6.75. The van der Waals surface area contributed by atoms with E-state index in [-0.39, 0.29) is 11.8 Å². The second-order valence-corrected chi connectivity index (χ2v) is 5.19. The average Bonchev–Trinajstić information content (AvgIpc) is 3.16. The molecule has 1 aliphatic carbocycles. The Morgan fingerprint density at radius 3 is 2.84 bits per heavy atom. The topological polar surface area (TPSA) is 80.7 Å². The molecule has 1 saturated carbocycles. The summed E-state index contributed by atoms with van der Waals surface area (Å²) in [7, 11) is 0. The molecule has 0 bridgehead atoms. The summed E-state index contributed by atoms with van der Waals surface area (Å²) < 4.78 is 11.4. The number of nitrogens with zero attached hydrogens (tertiary/aromatic N) is 1. The molecule has 2 rings (SSSR count). The summed E-state index contributed by atoms with van der Waals surface area (Å²) in [5.41, 5.74) is 2.19. The van der Waals surface area contributed by atoms with E-state index >= 15 is 0 Å². The summed E-state index contributed by atoms with van der Waals surface area (Å²) in [5.74, 6) is -0.199. The van der Waals surface area contributed by atoms with Crippen LogP contribution in [-0.4, -0.2) is 28.4 Å². The smallest absolute Gasteiger partial charge is 0.350 e. The lowest BCUT2D eigenvalue weighted by molar-refractivity contribution is -0.153. The number of pyridine rings is 1. The third-order valence-corrected chi connectivity index (χ3v) is 3.80. The monoisotopic (exact) mass is 330 g/mol. The average molecular weight is 331 g/mol. The Hall–Kier alpha value is -1.34. The van der Waals surface area contributed by atoms with Crippen LogP contribution < -0.4 is 10.2 Å². The van der Waals surface area contributed by atoms with Crippen molar-refractivity contribution in [2.24, 2.45) is 0 Å². The molecule has 1 aromatic rings. The van der Waals surface area contributed by atoms with E-state index < -0.39 is 5.60 Å². The number of carbonyl (C=O) groups excluding carboxylic acids is 1. The number of anilines is 1. The van der Waals surface area contributed by atoms with Crippen molar-refractivity contribution >= 4 is 27.6 Å². The van der Waals surface area contributed by atoms with Gasteiger partial charge in [-0.3, -0.25) is 10.7 Å². The fourth-order valence-electron chi connectivity index (χ4n) is 1.67. The Morgan fingerprint density at radius 2 is 2.32 bits per heavy atom. The predicted molar refractivity (Wildman–Crippen MR) is 71.3 cm³/mol. The lowest BCUT2D eigenvalue weighted by Crippen LogP contribution is -2.32. The minimum atomic E-state index is -0.950. The van der Waals surface area contributed by atoms with Gasteiger partial charge in [0.1, 0.15) is 5.69 Å². The molecule has 1 aromatic heterocycles. The summed E-state index contributed by atoms with van der Waals surface area (Å²) in [6.07, 6.45) is 2.74. The zero-order valence-corrected chi connectivity index (χ0v) is 12.3. The van der Waals surface area contributed by atoms with Gasteiger partial charge in [0.05, 0.1) is 6.61 Å². The standard InChI is InChI=1S/C12H15BrN2O4/c1-3-18-11(16)12(4-5-12)19-10-9(15-17)7(2)8(13)6-14-10/h6,15,17H,3-5H2,1-2H3. The van der Waals surface area contributed by atoms with Crippen molar-refractivity contribution in [3.63, 3.8) is 0 Å². The van der Waals surface area contributed by atoms with Gasteiger partial charge in [0.25, 0.3) is 0 Å². The number of nitrogens with one attached hydrogen (secondary N) is 1. The molecule has 0 amide bonds. The summed E-state index contributed by atoms with van der Waals surface area (Å²) in [4.78, 5) is 15.9. The van der Waals surface area contributed by atoms with Crippen LogP contribution in [0.15, 0.2) is 10.7 Å². The highest BCUT2D eigenvalue weighted by Crippen LogP contribution is 2.43. The summed E-state index contributed by atoms with van der Waals surface area (Å²) in [6, 6.07) is 0. The minimum absolute atomic E-state index is 0.189. The third-order valence-electron chi connectivity index (χ3n) is 3.00. The first-order valence-electron chi connectivity index (χ1n) is 5.95. The second kappa shape index (κ2) is 5.34. The van der Waals surface area contributed by atoms with Crippen molar-refractivity contribution in [2.45, 2.75) is 32.3 Å². The van der Waals surface area contributed by atoms with Crippen molar-refractivity contribution in [1.82, 2.24) is 4.98 Å². The van der Waals surface area contributed by atoms with Crippen LogP contribution in [0.5, 0.6) is 5.88 Å². The van der Waals surface area contributed by atoms with Gasteiger partial charge in [-0.2, -0.15) is 0 Å². The van der Waals surface area contributed by atoms with Gasteiger partial charge in [-0.05, 0) is 35.3 Å². The lowest BCUT2D eigenvalue weighted by Gasteiger charge is -2.18. The van der Waals surface area contributed by atoms with Crippen molar-refractivity contribution in [1.29, 1.82) is 0 Å². The normalized spacial score (nSPS) is 15.8. The lowest BCUT2D eigenvalue weighted by atomic mass is 10.2. The van der Waals surface area contributed by atoms with Crippen LogP contribution in [0.25, 0.3) is 0 Å². The van der Waals surface area contributed by atoms with Gasteiger partial charge >= 0.3 is 5.97 Å². The molecule has 19 heavy (non-hydrogen) atoms. The van der Waals surface area contributed by atoms with Crippen LogP contribution in [0.4, 0.5) is 5.69 Å². The predicted octanol–water partition coefficient (Wildman–Crippen LogP) is 2.43. The molecule has 0 spiro atoms. The Bertz CT molecular complexity index is 503. The number of aromatic nitrogens is 1. The Balaban J connectivity index is 2.25. The Morgan fingerprint density at radius 1 is 1.63 bits per heavy atom. The molecule has 1 heterocycles. The molecule has 0 saturated heterocycles. The maximum Gasteiger partial charge on any atom is 0.350 e. The van der Waals surface area contributed by atoms with E-state index in [9.17, 15) is 10.0 Å². The maximum absolute atomic E-state index is 11.8. The first-order chi connectivity index (χ1) is 9.04. The number of rotatable bonds is 5. The van der Waals surface area contributed by atoms with Crippen molar-refractivity contribution < 1.29 is 19.5 Å². The van der Waals surface area contributed by atoms with Crippen LogP contribution in [0.1, 0.15) is 25.3 Å². The van der Waals surface area contributed by atoms with E-state index in [2.05, 4.69) is 26.4 Å². The van der Waals surface area contributed by atoms with Crippen molar-refractivity contribution in [3.05, 3.63) is 16.2 Å². The Kier molecular flexibility index (Phi) is 3.96. The van der Waals surface area contributed by atoms with Crippen LogP contribution in [-0.2, 0) is 9.53 Å². The van der Waals surface area contributed by atoms with E-state index in [0.29, 0.717) is 25.1 Å². The molecule has 0 atom stereocenters. The van der Waals surface area contributed by atoms with Gasteiger partial charge in [-0.1, -0.05) is 0 Å². The van der Waals surface area contributed by atoms with Crippen LogP contribution in [0, 0.1) is 6.92 Å². The molecule has 1 aliphatic rings. The molecular formula is C12H15BrN2O4. The van der Waals surface area contributed by atoms with Crippen molar-refractivity contribution in [3.8, 4) is 5.88 Å². The fourth-order valence-corrected chi connectivity index (χ4v) is 1.98. The largest absolute Gasteiger partial charge is 0.463 e. The quantitative estimate of drug-likeness (QED) is 0.637. The number of halogens is 1. The van der Waals surface area contributed by atoms with E-state index in [1.165, 1.54) is 0 Å². The molecule has 104 valence electrons. The number of esters is 1. The summed E-state index contributed by atoms with van der Waals surface area (Å²) in [5, 5.41) is 9.18. The van der Waals surface area contributed by atoms with Crippen LogP contribution in [0.2, 0.25) is 0 Å². The van der Waals surface area contributed by atoms with Crippen LogP contribution >= 0.6 is 15.9 Å². The van der Waals surface area contributed by atoms with E-state index in [0.717, 1.165) is 10.0 Å². The molecule has 0 radical (unpaired) electrons. The molecule has 1 fully saturated rings. The molecule has 0 unspecified atom stereocenters. The molecular weight excluding hydrogens is 316 g/mol. The SMILES string of the molecule is CCOC(=O)C1(Oc2ncc(Br)c(C)c2NO)CC1. The number of hydrogen-bond donors (Lipinski definition) is 2. The van der Waals surface area contributed by atoms with E-state index in [1.54, 1.807) is 20.0 Å². The highest BCUT2D eigenvalue weighted by Gasteiger charge is 2.55. The molecule has 2 N–H and O–H groups in total. The Labute approximate surface area is 119 Å². The molecule has 7 heteroatoms. The fraction of sp³-hybridized carbons (Fsp3) is 0.500. The third kappa shape index (κ3) is 2.66. The zero-order valence-electron chi connectivity index (χ0n) is 10.7. The van der Waals surface area contributed by atoms with Gasteiger partial charge in [0.2, 0.25) is 11.5 Å². The highest BCUT2D eigenvalue weighted by molar-refractivity contribution is 9.10. The molecule has 0 aromatic carbocycles. The first kappa shape index (κ1) is 14.1. The van der Waals surface area contributed by atoms with E-state index in [4.69, 9.17) is 9.47 Å². The molecule has 0 aliphatic heterocycles. The van der Waals surface area contributed by atoms with E-state index in [1.807, 2.05) is 0 Å². The number of hydrogen-bond acceptors (Lipinski definition) is 6.